The lowest BCUT2D eigenvalue weighted by molar-refractivity contribution is -0.137. The van der Waals surface area contributed by atoms with Crippen molar-refractivity contribution in [2.75, 3.05) is 16.4 Å². The van der Waals surface area contributed by atoms with Crippen molar-refractivity contribution >= 4 is 44.5 Å². The molecule has 4 rings (SSSR count). The molecule has 1 N–H and O–H groups in total. The Kier molecular flexibility index (Phi) is 8.04. The van der Waals surface area contributed by atoms with E-state index in [0.717, 1.165) is 17.8 Å². The van der Waals surface area contributed by atoms with Crippen LogP contribution in [0, 0.1) is 0 Å². The summed E-state index contributed by atoms with van der Waals surface area (Å²) < 4.78 is 71.7. The number of benzene rings is 2. The number of rotatable bonds is 5. The van der Waals surface area contributed by atoms with Crippen molar-refractivity contribution in [1.82, 2.24) is 5.32 Å². The molecule has 2 aliphatic rings. The van der Waals surface area contributed by atoms with E-state index in [0.29, 0.717) is 5.56 Å². The van der Waals surface area contributed by atoms with Gasteiger partial charge in [-0.1, -0.05) is 54.2 Å². The van der Waals surface area contributed by atoms with Gasteiger partial charge in [-0.15, -0.1) is 0 Å². The summed E-state index contributed by atoms with van der Waals surface area (Å²) in [4.78, 5) is 31.4. The number of ether oxygens (including phenoxy) is 1. The van der Waals surface area contributed by atoms with Gasteiger partial charge in [-0.25, -0.2) is 13.2 Å². The molecule has 0 unspecified atom stereocenters. The van der Waals surface area contributed by atoms with E-state index in [9.17, 15) is 31.2 Å². The summed E-state index contributed by atoms with van der Waals surface area (Å²) in [6.45, 7) is 5.00. The van der Waals surface area contributed by atoms with Crippen LogP contribution in [-0.2, 0) is 32.0 Å². The highest BCUT2D eigenvalue weighted by atomic mass is 32.2. The first-order valence-corrected chi connectivity index (χ1v) is 14.8. The highest BCUT2D eigenvalue weighted by Crippen LogP contribution is 2.45. The molecule has 2 aromatic rings. The Morgan fingerprint density at radius 2 is 1.72 bits per heavy atom. The molecule has 2 aromatic carbocycles. The predicted molar refractivity (Wildman–Crippen MR) is 143 cm³/mol. The molecule has 0 spiro atoms. The van der Waals surface area contributed by atoms with Crippen molar-refractivity contribution in [3.63, 3.8) is 0 Å². The number of hydrogen-bond donors (Lipinski definition) is 1. The van der Waals surface area contributed by atoms with E-state index in [4.69, 9.17) is 4.74 Å². The van der Waals surface area contributed by atoms with Crippen LogP contribution >= 0.6 is 11.8 Å². The normalized spacial score (nSPS) is 22.4. The standard InChI is InChI=1S/C26H28F3N3O5S2/c1-25(2,3)37-24(34)30-18(13-16-9-5-4-6-10-16)22(33)31-23-32(20-14-39(35,36)15-21(20)38-23)19-12-8-7-11-17(19)26(27,28)29/h4-12,18,20-21H,13-15H2,1-3H3,(H,30,34)/t18-,20+,21-/m0/s1. The zero-order valence-electron chi connectivity index (χ0n) is 21.4. The lowest BCUT2D eigenvalue weighted by Crippen LogP contribution is -2.45. The molecule has 0 aliphatic carbocycles. The molecular weight excluding hydrogens is 555 g/mol. The lowest BCUT2D eigenvalue weighted by atomic mass is 10.1. The van der Waals surface area contributed by atoms with Crippen LogP contribution in [0.1, 0.15) is 31.9 Å². The second-order valence-electron chi connectivity index (χ2n) is 10.3. The van der Waals surface area contributed by atoms with Crippen molar-refractivity contribution in [2.45, 2.75) is 56.3 Å². The number of hydrogen-bond acceptors (Lipinski definition) is 6. The Hall–Kier alpha value is -3.06. The second-order valence-corrected chi connectivity index (χ2v) is 13.7. The van der Waals surface area contributed by atoms with Gasteiger partial charge in [0, 0.05) is 11.7 Å². The molecule has 2 aliphatic heterocycles. The average molecular weight is 584 g/mol. The largest absolute Gasteiger partial charge is 0.444 e. The Labute approximate surface area is 228 Å². The Morgan fingerprint density at radius 3 is 2.36 bits per heavy atom. The third-order valence-electron chi connectivity index (χ3n) is 6.01. The maximum absolute atomic E-state index is 13.9. The predicted octanol–water partition coefficient (Wildman–Crippen LogP) is 4.44. The quantitative estimate of drug-likeness (QED) is 0.555. The molecule has 13 heteroatoms. The molecule has 39 heavy (non-hydrogen) atoms. The Balaban J connectivity index is 1.72. The van der Waals surface area contributed by atoms with Gasteiger partial charge in [0.25, 0.3) is 5.91 Å². The van der Waals surface area contributed by atoms with E-state index in [2.05, 4.69) is 10.3 Å². The first kappa shape index (κ1) is 28.9. The fourth-order valence-electron chi connectivity index (χ4n) is 4.44. The van der Waals surface area contributed by atoms with Crippen molar-refractivity contribution in [3.05, 3.63) is 65.7 Å². The van der Waals surface area contributed by atoms with Crippen molar-refractivity contribution in [1.29, 1.82) is 0 Å². The van der Waals surface area contributed by atoms with Gasteiger partial charge in [0.1, 0.15) is 11.6 Å². The molecule has 0 radical (unpaired) electrons. The van der Waals surface area contributed by atoms with E-state index < -0.39 is 56.5 Å². The van der Waals surface area contributed by atoms with Gasteiger partial charge < -0.3 is 15.0 Å². The molecular formula is C26H28F3N3O5S2. The van der Waals surface area contributed by atoms with E-state index in [1.165, 1.54) is 23.1 Å². The molecule has 0 bridgehead atoms. The average Bonchev–Trinajstić information content (AvgIpc) is 3.28. The zero-order valence-corrected chi connectivity index (χ0v) is 23.1. The van der Waals surface area contributed by atoms with Gasteiger partial charge in [-0.05, 0) is 38.5 Å². The fraction of sp³-hybridized carbons (Fsp3) is 0.423. The number of carbonyl (C=O) groups is 2. The number of thioether (sulfide) groups is 1. The first-order valence-electron chi connectivity index (χ1n) is 12.1. The van der Waals surface area contributed by atoms with Crippen LogP contribution in [-0.4, -0.2) is 60.0 Å². The van der Waals surface area contributed by atoms with Gasteiger partial charge in [0.15, 0.2) is 15.0 Å². The Morgan fingerprint density at radius 1 is 1.08 bits per heavy atom. The lowest BCUT2D eigenvalue weighted by Gasteiger charge is -2.28. The van der Waals surface area contributed by atoms with Crippen LogP contribution in [0.5, 0.6) is 0 Å². The van der Waals surface area contributed by atoms with Crippen LogP contribution in [0.25, 0.3) is 0 Å². The maximum Gasteiger partial charge on any atom is 0.418 e. The maximum atomic E-state index is 13.9. The number of nitrogens with zero attached hydrogens (tertiary/aromatic N) is 2. The van der Waals surface area contributed by atoms with E-state index in [-0.39, 0.29) is 28.8 Å². The topological polar surface area (TPSA) is 105 Å². The third kappa shape index (κ3) is 7.13. The molecule has 210 valence electrons. The van der Waals surface area contributed by atoms with E-state index in [1.54, 1.807) is 51.1 Å². The fourth-order valence-corrected chi connectivity index (χ4v) is 8.35. The number of alkyl carbamates (subject to hydrolysis) is 1. The van der Waals surface area contributed by atoms with Crippen LogP contribution in [0.3, 0.4) is 0 Å². The number of anilines is 1. The molecule has 8 nitrogen and oxygen atoms in total. The number of sulfone groups is 1. The summed E-state index contributed by atoms with van der Waals surface area (Å²) in [5.41, 5.74) is -1.37. The summed E-state index contributed by atoms with van der Waals surface area (Å²) in [6, 6.07) is 11.6. The smallest absolute Gasteiger partial charge is 0.418 e. The SMILES string of the molecule is CC(C)(C)OC(=O)N[C@@H](Cc1ccccc1)C(=O)N=C1S[C@H]2CS(=O)(=O)C[C@H]2N1c1ccccc1C(F)(F)F. The van der Waals surface area contributed by atoms with Crippen LogP contribution in [0.4, 0.5) is 23.7 Å². The van der Waals surface area contributed by atoms with Gasteiger partial charge in [0.05, 0.1) is 28.8 Å². The van der Waals surface area contributed by atoms with Gasteiger partial charge in [-0.2, -0.15) is 18.2 Å². The number of amides is 2. The monoisotopic (exact) mass is 583 g/mol. The number of alkyl halides is 3. The van der Waals surface area contributed by atoms with Gasteiger partial charge in [-0.3, -0.25) is 4.79 Å². The van der Waals surface area contributed by atoms with Crippen molar-refractivity contribution < 1.29 is 35.9 Å². The Bertz CT molecular complexity index is 1380. The highest BCUT2D eigenvalue weighted by molar-refractivity contribution is 8.16. The number of amidine groups is 1. The van der Waals surface area contributed by atoms with Crippen molar-refractivity contribution in [3.8, 4) is 0 Å². The highest BCUT2D eigenvalue weighted by Gasteiger charge is 2.51. The molecule has 2 heterocycles. The summed E-state index contributed by atoms with van der Waals surface area (Å²) >= 11 is 0.951. The number of aliphatic imine (C=N–C) groups is 1. The van der Waals surface area contributed by atoms with Gasteiger partial charge >= 0.3 is 12.3 Å². The number of nitrogens with one attached hydrogen (secondary N) is 1. The molecule has 2 amide bonds. The van der Waals surface area contributed by atoms with E-state index >= 15 is 0 Å². The van der Waals surface area contributed by atoms with Crippen LogP contribution in [0.2, 0.25) is 0 Å². The second kappa shape index (κ2) is 10.8. The number of halogens is 3. The number of fused-ring (bicyclic) bond motifs is 1. The van der Waals surface area contributed by atoms with Crippen molar-refractivity contribution in [2.24, 2.45) is 4.99 Å². The molecule has 0 saturated carbocycles. The third-order valence-corrected chi connectivity index (χ3v) is 9.22. The molecule has 2 fully saturated rings. The minimum atomic E-state index is -4.72. The number of para-hydroxylation sites is 1. The zero-order chi connectivity index (χ0) is 28.6. The summed E-state index contributed by atoms with van der Waals surface area (Å²) in [5.74, 6) is -1.41. The molecule has 3 atom stereocenters. The minimum absolute atomic E-state index is 0.0503. The summed E-state index contributed by atoms with van der Waals surface area (Å²) in [5, 5.41) is 1.88. The summed E-state index contributed by atoms with van der Waals surface area (Å²) in [6.07, 6.45) is -5.51. The van der Waals surface area contributed by atoms with E-state index in [1.807, 2.05) is 0 Å². The molecule has 2 saturated heterocycles. The minimum Gasteiger partial charge on any atom is -0.444 e. The first-order chi connectivity index (χ1) is 18.1. The number of carbonyl (C=O) groups excluding carboxylic acids is 2. The van der Waals surface area contributed by atoms with Crippen LogP contribution in [0.15, 0.2) is 59.6 Å². The van der Waals surface area contributed by atoms with Gasteiger partial charge in [0.2, 0.25) is 0 Å². The summed E-state index contributed by atoms with van der Waals surface area (Å²) in [7, 11) is -3.49. The van der Waals surface area contributed by atoms with Crippen LogP contribution < -0.4 is 10.2 Å². The molecule has 0 aromatic heterocycles.